The molecule has 0 saturated heterocycles. The van der Waals surface area contributed by atoms with Crippen LogP contribution in [-0.2, 0) is 0 Å². The Morgan fingerprint density at radius 1 is 1.28 bits per heavy atom. The minimum Gasteiger partial charge on any atom is -0.348 e. The molecule has 1 aromatic rings. The predicted molar refractivity (Wildman–Crippen MR) is 67.8 cm³/mol. The van der Waals surface area contributed by atoms with Gasteiger partial charge in [0.2, 0.25) is 0 Å². The van der Waals surface area contributed by atoms with Crippen LogP contribution in [0.2, 0.25) is 0 Å². The largest absolute Gasteiger partial charge is 0.348 e. The van der Waals surface area contributed by atoms with E-state index in [1.165, 1.54) is 0 Å². The van der Waals surface area contributed by atoms with Crippen molar-refractivity contribution >= 4 is 17.5 Å². The van der Waals surface area contributed by atoms with E-state index >= 15 is 0 Å². The average molecular weight is 276 g/mol. The highest BCUT2D eigenvalue weighted by atomic mass is 35.5. The normalized spacial score (nSPS) is 12.6. The van der Waals surface area contributed by atoms with Gasteiger partial charge in [-0.05, 0) is 24.5 Å². The van der Waals surface area contributed by atoms with Crippen molar-refractivity contribution in [1.29, 1.82) is 0 Å². The van der Waals surface area contributed by atoms with Crippen LogP contribution in [0.25, 0.3) is 0 Å². The molecule has 0 aliphatic carbocycles. The Hall–Kier alpha value is -1.16. The number of benzene rings is 1. The van der Waals surface area contributed by atoms with E-state index in [0.29, 0.717) is 12.3 Å². The summed E-state index contributed by atoms with van der Waals surface area (Å²) in [5.41, 5.74) is -0.0358. The number of nitrogens with one attached hydrogen (secondary N) is 1. The Morgan fingerprint density at radius 3 is 2.28 bits per heavy atom. The van der Waals surface area contributed by atoms with Gasteiger partial charge in [0.05, 0.1) is 0 Å². The van der Waals surface area contributed by atoms with Crippen molar-refractivity contribution in [3.63, 3.8) is 0 Å². The van der Waals surface area contributed by atoms with Crippen LogP contribution in [0.1, 0.15) is 30.6 Å². The van der Waals surface area contributed by atoms with Crippen LogP contribution in [0.5, 0.6) is 0 Å². The lowest BCUT2D eigenvalue weighted by atomic mass is 10.0. The molecule has 0 aliphatic rings. The molecule has 0 saturated carbocycles. The van der Waals surface area contributed by atoms with Gasteiger partial charge in [-0.1, -0.05) is 13.8 Å². The quantitative estimate of drug-likeness (QED) is 0.821. The first-order chi connectivity index (χ1) is 8.42. The monoisotopic (exact) mass is 275 g/mol. The molecule has 1 atom stereocenters. The summed E-state index contributed by atoms with van der Waals surface area (Å²) in [5, 5.41) is 2.66. The topological polar surface area (TPSA) is 29.1 Å². The number of rotatable bonds is 5. The summed E-state index contributed by atoms with van der Waals surface area (Å²) < 4.78 is 25.9. The fourth-order valence-corrected chi connectivity index (χ4v) is 1.89. The molecule has 0 spiro atoms. The first-order valence-corrected chi connectivity index (χ1v) is 6.28. The maximum absolute atomic E-state index is 13.0. The SMILES string of the molecule is CC(C)CC(CCl)NC(=O)c1cc(F)cc(F)c1. The van der Waals surface area contributed by atoms with E-state index in [9.17, 15) is 13.6 Å². The summed E-state index contributed by atoms with van der Waals surface area (Å²) in [4.78, 5) is 11.8. The molecule has 100 valence electrons. The van der Waals surface area contributed by atoms with Crippen LogP contribution in [0.3, 0.4) is 0 Å². The zero-order valence-electron chi connectivity index (χ0n) is 10.3. The number of hydrogen-bond donors (Lipinski definition) is 1. The fourth-order valence-electron chi connectivity index (χ4n) is 1.68. The number of carbonyl (C=O) groups is 1. The summed E-state index contributed by atoms with van der Waals surface area (Å²) in [6.45, 7) is 4.01. The van der Waals surface area contributed by atoms with Crippen molar-refractivity contribution < 1.29 is 13.6 Å². The summed E-state index contributed by atoms with van der Waals surface area (Å²) in [6.07, 6.45) is 0.715. The molecule has 1 unspecified atom stereocenters. The summed E-state index contributed by atoms with van der Waals surface area (Å²) in [7, 11) is 0. The Labute approximate surface area is 110 Å². The molecule has 1 amide bonds. The first-order valence-electron chi connectivity index (χ1n) is 5.75. The molecule has 1 rings (SSSR count). The lowest BCUT2D eigenvalue weighted by Crippen LogP contribution is -2.37. The van der Waals surface area contributed by atoms with Gasteiger partial charge in [-0.15, -0.1) is 11.6 Å². The van der Waals surface area contributed by atoms with Gasteiger partial charge in [0, 0.05) is 23.6 Å². The Kier molecular flexibility index (Phi) is 5.54. The van der Waals surface area contributed by atoms with E-state index in [0.717, 1.165) is 18.2 Å². The lowest BCUT2D eigenvalue weighted by Gasteiger charge is -2.18. The van der Waals surface area contributed by atoms with Crippen molar-refractivity contribution in [3.8, 4) is 0 Å². The zero-order valence-corrected chi connectivity index (χ0v) is 11.1. The second-order valence-electron chi connectivity index (χ2n) is 4.61. The molecule has 1 aromatic carbocycles. The molecule has 18 heavy (non-hydrogen) atoms. The van der Waals surface area contributed by atoms with E-state index < -0.39 is 17.5 Å². The van der Waals surface area contributed by atoms with E-state index in [-0.39, 0.29) is 17.5 Å². The molecular weight excluding hydrogens is 260 g/mol. The molecule has 0 aliphatic heterocycles. The molecule has 0 bridgehead atoms. The van der Waals surface area contributed by atoms with Crippen LogP contribution in [0.15, 0.2) is 18.2 Å². The molecule has 0 aromatic heterocycles. The number of amides is 1. The van der Waals surface area contributed by atoms with Crippen LogP contribution < -0.4 is 5.32 Å². The van der Waals surface area contributed by atoms with Gasteiger partial charge in [-0.3, -0.25) is 4.79 Å². The smallest absolute Gasteiger partial charge is 0.251 e. The van der Waals surface area contributed by atoms with E-state index in [4.69, 9.17) is 11.6 Å². The van der Waals surface area contributed by atoms with Crippen molar-refractivity contribution in [1.82, 2.24) is 5.32 Å². The molecular formula is C13H16ClF2NO. The lowest BCUT2D eigenvalue weighted by molar-refractivity contribution is 0.0935. The van der Waals surface area contributed by atoms with Gasteiger partial charge in [-0.25, -0.2) is 8.78 Å². The minimum absolute atomic E-state index is 0.0358. The molecule has 2 nitrogen and oxygen atoms in total. The molecule has 1 N–H and O–H groups in total. The average Bonchev–Trinajstić information content (AvgIpc) is 2.26. The predicted octanol–water partition coefficient (Wildman–Crippen LogP) is 3.35. The van der Waals surface area contributed by atoms with Gasteiger partial charge >= 0.3 is 0 Å². The third-order valence-electron chi connectivity index (χ3n) is 2.40. The highest BCUT2D eigenvalue weighted by Gasteiger charge is 2.15. The van der Waals surface area contributed by atoms with E-state index in [1.54, 1.807) is 0 Å². The van der Waals surface area contributed by atoms with Crippen LogP contribution >= 0.6 is 11.6 Å². The number of carbonyl (C=O) groups excluding carboxylic acids is 1. The third kappa shape index (κ3) is 4.61. The Morgan fingerprint density at radius 2 is 1.83 bits per heavy atom. The second kappa shape index (κ2) is 6.69. The van der Waals surface area contributed by atoms with Gasteiger partial charge in [0.1, 0.15) is 11.6 Å². The summed E-state index contributed by atoms with van der Waals surface area (Å²) in [5.74, 6) is -1.42. The minimum atomic E-state index is -0.772. The van der Waals surface area contributed by atoms with Crippen molar-refractivity contribution in [2.45, 2.75) is 26.3 Å². The molecule has 0 heterocycles. The van der Waals surface area contributed by atoms with Crippen molar-refractivity contribution in [3.05, 3.63) is 35.4 Å². The van der Waals surface area contributed by atoms with Gasteiger partial charge in [-0.2, -0.15) is 0 Å². The summed E-state index contributed by atoms with van der Waals surface area (Å²) in [6, 6.07) is 2.52. The number of halogens is 3. The zero-order chi connectivity index (χ0) is 13.7. The highest BCUT2D eigenvalue weighted by molar-refractivity contribution is 6.18. The van der Waals surface area contributed by atoms with Crippen molar-refractivity contribution in [2.24, 2.45) is 5.92 Å². The van der Waals surface area contributed by atoms with E-state index in [1.807, 2.05) is 13.8 Å². The van der Waals surface area contributed by atoms with Gasteiger partial charge in [0.15, 0.2) is 0 Å². The first kappa shape index (κ1) is 14.9. The molecule has 0 radical (unpaired) electrons. The maximum Gasteiger partial charge on any atom is 0.251 e. The Bertz CT molecular complexity index is 403. The Balaban J connectivity index is 2.74. The second-order valence-corrected chi connectivity index (χ2v) is 4.92. The van der Waals surface area contributed by atoms with Crippen LogP contribution in [0.4, 0.5) is 8.78 Å². The maximum atomic E-state index is 13.0. The molecule has 5 heteroatoms. The van der Waals surface area contributed by atoms with Crippen LogP contribution in [-0.4, -0.2) is 17.8 Å². The standard InChI is InChI=1S/C13H16ClF2NO/c1-8(2)3-12(7-14)17-13(18)9-4-10(15)6-11(16)5-9/h4-6,8,12H,3,7H2,1-2H3,(H,17,18). The molecule has 0 fully saturated rings. The number of hydrogen-bond acceptors (Lipinski definition) is 1. The van der Waals surface area contributed by atoms with Gasteiger partial charge < -0.3 is 5.32 Å². The number of alkyl halides is 1. The van der Waals surface area contributed by atoms with E-state index in [2.05, 4.69) is 5.32 Å². The van der Waals surface area contributed by atoms with Crippen molar-refractivity contribution in [2.75, 3.05) is 5.88 Å². The third-order valence-corrected chi connectivity index (χ3v) is 2.77. The van der Waals surface area contributed by atoms with Gasteiger partial charge in [0.25, 0.3) is 5.91 Å². The fraction of sp³-hybridized carbons (Fsp3) is 0.462. The summed E-state index contributed by atoms with van der Waals surface area (Å²) >= 11 is 5.74. The highest BCUT2D eigenvalue weighted by Crippen LogP contribution is 2.10. The van der Waals surface area contributed by atoms with Crippen LogP contribution in [0, 0.1) is 17.6 Å².